The molecule has 0 atom stereocenters. The fraction of sp³-hybridized carbons (Fsp3) is 0.286. The number of aromatic nitrogens is 2. The van der Waals surface area contributed by atoms with Crippen LogP contribution < -0.4 is 4.74 Å². The normalized spacial score (nSPS) is 9.77. The van der Waals surface area contributed by atoms with Crippen LogP contribution in [0.15, 0.2) is 0 Å². The number of hydrogen-bond donors (Lipinski definition) is 1. The third-order valence-corrected chi connectivity index (χ3v) is 1.93. The number of nitrogens with zero attached hydrogens (tertiary/aromatic N) is 2. The Morgan fingerprint density at radius 2 is 2.15 bits per heavy atom. The summed E-state index contributed by atoms with van der Waals surface area (Å²) in [4.78, 5) is 7.78. The lowest BCUT2D eigenvalue weighted by molar-refractivity contribution is 0.391. The predicted molar refractivity (Wildman–Crippen MR) is 52.7 cm³/mol. The maximum atomic E-state index is 9.04. The molecule has 0 saturated heterocycles. The molecular formula is C7H7ClN2O2S. The van der Waals surface area contributed by atoms with E-state index < -0.39 is 0 Å². The van der Waals surface area contributed by atoms with Crippen LogP contribution in [-0.2, 0) is 0 Å². The highest BCUT2D eigenvalue weighted by Gasteiger charge is 2.13. The fourth-order valence-electron chi connectivity index (χ4n) is 0.760. The zero-order valence-corrected chi connectivity index (χ0v) is 8.61. The largest absolute Gasteiger partial charge is 0.497 e. The fourth-order valence-corrected chi connectivity index (χ4v) is 1.02. The SMILES string of the molecule is COc1nc(C)c(Cl)nc1C(O)=S. The smallest absolute Gasteiger partial charge is 0.244 e. The Morgan fingerprint density at radius 3 is 2.62 bits per heavy atom. The van der Waals surface area contributed by atoms with E-state index in [0.29, 0.717) is 5.69 Å². The first-order chi connectivity index (χ1) is 6.06. The van der Waals surface area contributed by atoms with Gasteiger partial charge in [0.25, 0.3) is 0 Å². The second kappa shape index (κ2) is 3.85. The second-order valence-corrected chi connectivity index (χ2v) is 3.01. The molecule has 1 rings (SSSR count). The number of rotatable bonds is 2. The molecule has 0 aliphatic rings. The molecule has 0 bridgehead atoms. The summed E-state index contributed by atoms with van der Waals surface area (Å²) in [5.41, 5.74) is 0.617. The summed E-state index contributed by atoms with van der Waals surface area (Å²) in [5, 5.41) is 8.86. The lowest BCUT2D eigenvalue weighted by Crippen LogP contribution is -2.06. The van der Waals surface area contributed by atoms with Crippen LogP contribution in [0.4, 0.5) is 0 Å². The van der Waals surface area contributed by atoms with Gasteiger partial charge in [0, 0.05) is 0 Å². The minimum atomic E-state index is -0.383. The zero-order chi connectivity index (χ0) is 10.0. The number of aliphatic hydroxyl groups is 1. The van der Waals surface area contributed by atoms with Crippen LogP contribution >= 0.6 is 23.8 Å². The molecule has 1 heterocycles. The van der Waals surface area contributed by atoms with Crippen molar-refractivity contribution in [3.05, 3.63) is 16.5 Å². The number of aryl methyl sites for hydroxylation is 1. The van der Waals surface area contributed by atoms with Crippen LogP contribution in [0.2, 0.25) is 5.15 Å². The molecule has 0 saturated carbocycles. The summed E-state index contributed by atoms with van der Waals surface area (Å²) in [7, 11) is 1.42. The molecule has 70 valence electrons. The highest BCUT2D eigenvalue weighted by molar-refractivity contribution is 7.80. The van der Waals surface area contributed by atoms with E-state index in [1.165, 1.54) is 7.11 Å². The minimum absolute atomic E-state index is 0.0908. The average Bonchev–Trinajstić information content (AvgIpc) is 2.08. The second-order valence-electron chi connectivity index (χ2n) is 2.26. The van der Waals surface area contributed by atoms with Crippen molar-refractivity contribution in [3.63, 3.8) is 0 Å². The van der Waals surface area contributed by atoms with Crippen LogP contribution in [0.25, 0.3) is 0 Å². The van der Waals surface area contributed by atoms with Crippen molar-refractivity contribution in [2.45, 2.75) is 6.92 Å². The molecule has 0 radical (unpaired) electrons. The maximum absolute atomic E-state index is 9.04. The molecular weight excluding hydrogens is 212 g/mol. The van der Waals surface area contributed by atoms with E-state index in [-0.39, 0.29) is 21.8 Å². The monoisotopic (exact) mass is 218 g/mol. The Labute approximate surface area is 85.5 Å². The van der Waals surface area contributed by atoms with Crippen molar-refractivity contribution in [1.82, 2.24) is 9.97 Å². The van der Waals surface area contributed by atoms with Gasteiger partial charge < -0.3 is 9.84 Å². The van der Waals surface area contributed by atoms with Gasteiger partial charge in [0.1, 0.15) is 0 Å². The van der Waals surface area contributed by atoms with Crippen molar-refractivity contribution in [2.24, 2.45) is 0 Å². The molecule has 1 N–H and O–H groups in total. The number of ether oxygens (including phenoxy) is 1. The van der Waals surface area contributed by atoms with Gasteiger partial charge in [-0.1, -0.05) is 11.6 Å². The Morgan fingerprint density at radius 1 is 1.54 bits per heavy atom. The lowest BCUT2D eigenvalue weighted by Gasteiger charge is -2.05. The van der Waals surface area contributed by atoms with E-state index in [4.69, 9.17) is 21.4 Å². The van der Waals surface area contributed by atoms with Crippen LogP contribution in [-0.4, -0.2) is 27.2 Å². The third-order valence-electron chi connectivity index (χ3n) is 1.38. The molecule has 13 heavy (non-hydrogen) atoms. The molecule has 0 amide bonds. The minimum Gasteiger partial charge on any atom is -0.497 e. The van der Waals surface area contributed by atoms with E-state index >= 15 is 0 Å². The number of hydrogen-bond acceptors (Lipinski definition) is 4. The third kappa shape index (κ3) is 2.05. The molecule has 0 aromatic carbocycles. The number of methoxy groups -OCH3 is 1. The van der Waals surface area contributed by atoms with Crippen LogP contribution in [0.3, 0.4) is 0 Å². The van der Waals surface area contributed by atoms with Crippen LogP contribution in [0.1, 0.15) is 11.4 Å². The maximum Gasteiger partial charge on any atom is 0.244 e. The molecule has 4 nitrogen and oxygen atoms in total. The quantitative estimate of drug-likeness (QED) is 0.766. The van der Waals surface area contributed by atoms with Crippen molar-refractivity contribution >= 4 is 28.9 Å². The summed E-state index contributed by atoms with van der Waals surface area (Å²) in [6.07, 6.45) is 0. The topological polar surface area (TPSA) is 55.2 Å². The molecule has 6 heteroatoms. The molecule has 0 aliphatic heterocycles. The van der Waals surface area contributed by atoms with Gasteiger partial charge in [-0.15, -0.1) is 0 Å². The predicted octanol–water partition coefficient (Wildman–Crippen LogP) is 1.68. The Hall–Kier alpha value is -0.940. The van der Waals surface area contributed by atoms with Gasteiger partial charge in [-0.25, -0.2) is 9.97 Å². The van der Waals surface area contributed by atoms with E-state index in [9.17, 15) is 0 Å². The Bertz CT molecular complexity index is 357. The molecule has 0 unspecified atom stereocenters. The number of thiocarbonyl (C=S) groups is 1. The lowest BCUT2D eigenvalue weighted by atomic mass is 10.4. The van der Waals surface area contributed by atoms with Crippen LogP contribution in [0.5, 0.6) is 5.88 Å². The summed E-state index contributed by atoms with van der Waals surface area (Å²) >= 11 is 10.2. The summed E-state index contributed by atoms with van der Waals surface area (Å²) in [6, 6.07) is 0. The zero-order valence-electron chi connectivity index (χ0n) is 7.04. The highest BCUT2D eigenvalue weighted by Crippen LogP contribution is 2.18. The molecule has 0 aliphatic carbocycles. The summed E-state index contributed by atoms with van der Waals surface area (Å²) in [6.45, 7) is 1.68. The Kier molecular flexibility index (Phi) is 3.00. The molecule has 1 aromatic rings. The summed E-state index contributed by atoms with van der Waals surface area (Å²) < 4.78 is 4.86. The van der Waals surface area contributed by atoms with Crippen molar-refractivity contribution in [1.29, 1.82) is 0 Å². The van der Waals surface area contributed by atoms with Gasteiger partial charge in [-0.05, 0) is 19.1 Å². The van der Waals surface area contributed by atoms with Gasteiger partial charge in [0.05, 0.1) is 12.8 Å². The van der Waals surface area contributed by atoms with Gasteiger partial charge in [0.2, 0.25) is 10.9 Å². The first-order valence-corrected chi connectivity index (χ1v) is 4.16. The van der Waals surface area contributed by atoms with E-state index in [1.54, 1.807) is 6.92 Å². The first kappa shape index (κ1) is 10.1. The van der Waals surface area contributed by atoms with Gasteiger partial charge in [-0.3, -0.25) is 0 Å². The van der Waals surface area contributed by atoms with E-state index in [0.717, 1.165) is 0 Å². The number of aliphatic hydroxyl groups excluding tert-OH is 1. The van der Waals surface area contributed by atoms with Gasteiger partial charge in [-0.2, -0.15) is 0 Å². The van der Waals surface area contributed by atoms with Crippen molar-refractivity contribution in [3.8, 4) is 5.88 Å². The molecule has 0 spiro atoms. The Balaban J connectivity index is 3.33. The van der Waals surface area contributed by atoms with Crippen molar-refractivity contribution < 1.29 is 9.84 Å². The highest BCUT2D eigenvalue weighted by atomic mass is 35.5. The van der Waals surface area contributed by atoms with E-state index in [2.05, 4.69) is 22.2 Å². The van der Waals surface area contributed by atoms with E-state index in [1.807, 2.05) is 0 Å². The van der Waals surface area contributed by atoms with Gasteiger partial charge in [0.15, 0.2) is 10.8 Å². The molecule has 0 fully saturated rings. The first-order valence-electron chi connectivity index (χ1n) is 3.37. The standard InChI is InChI=1S/C7H7ClN2O2S/c1-3-5(8)10-4(7(11)13)6(9-3)12-2/h1-2H3,(H,11,13). The average molecular weight is 219 g/mol. The summed E-state index contributed by atoms with van der Waals surface area (Å²) in [5.74, 6) is 0.175. The number of halogens is 1. The molecule has 1 aromatic heterocycles. The van der Waals surface area contributed by atoms with Gasteiger partial charge >= 0.3 is 0 Å². The van der Waals surface area contributed by atoms with Crippen LogP contribution in [0, 0.1) is 6.92 Å². The van der Waals surface area contributed by atoms with Crippen molar-refractivity contribution in [2.75, 3.05) is 7.11 Å².